The van der Waals surface area contributed by atoms with Crippen LogP contribution in [0.5, 0.6) is 0 Å². The lowest BCUT2D eigenvalue weighted by Gasteiger charge is -2.66. The summed E-state index contributed by atoms with van der Waals surface area (Å²) in [5.74, 6) is 0.967. The lowest BCUT2D eigenvalue weighted by atomic mass is 9.39. The summed E-state index contributed by atoms with van der Waals surface area (Å²) in [5.41, 5.74) is 9.66. The highest BCUT2D eigenvalue weighted by Gasteiger charge is 2.60. The van der Waals surface area contributed by atoms with Crippen molar-refractivity contribution in [2.75, 3.05) is 0 Å². The Bertz CT molecular complexity index is 547. The molecule has 4 saturated carbocycles. The molecule has 116 valence electrons. The third kappa shape index (κ3) is 2.44. The molecule has 4 aliphatic carbocycles. The summed E-state index contributed by atoms with van der Waals surface area (Å²) in [6.45, 7) is 5.10. The molecule has 21 heavy (non-hydrogen) atoms. The van der Waals surface area contributed by atoms with Crippen LogP contribution < -0.4 is 5.73 Å². The Hall–Kier alpha value is 0.140. The molecule has 5 rings (SSSR count). The second-order valence-corrected chi connectivity index (χ2v) is 10.7. The predicted molar refractivity (Wildman–Crippen MR) is 93.4 cm³/mol. The Morgan fingerprint density at radius 1 is 1.19 bits per heavy atom. The molecule has 0 spiro atoms. The number of rotatable bonds is 3. The summed E-state index contributed by atoms with van der Waals surface area (Å²) in [6, 6.07) is 0.203. The second-order valence-electron chi connectivity index (χ2n) is 9.12. The molecule has 1 aromatic rings. The Balaban J connectivity index is 1.61. The van der Waals surface area contributed by atoms with Crippen molar-refractivity contribution in [1.29, 1.82) is 0 Å². The van der Waals surface area contributed by atoms with E-state index in [2.05, 4.69) is 40.5 Å². The van der Waals surface area contributed by atoms with E-state index in [9.17, 15) is 0 Å². The minimum absolute atomic E-state index is 0.203. The molecule has 1 aromatic heterocycles. The normalized spacial score (nSPS) is 46.0. The van der Waals surface area contributed by atoms with Gasteiger partial charge in [0.15, 0.2) is 0 Å². The van der Waals surface area contributed by atoms with E-state index in [1.807, 2.05) is 0 Å². The van der Waals surface area contributed by atoms with Gasteiger partial charge in [0.25, 0.3) is 0 Å². The van der Waals surface area contributed by atoms with Crippen LogP contribution in [0, 0.1) is 22.2 Å². The fourth-order valence-electron chi connectivity index (χ4n) is 7.04. The van der Waals surface area contributed by atoms with Gasteiger partial charge in [-0.3, -0.25) is 0 Å². The monoisotopic (exact) mass is 367 g/mol. The van der Waals surface area contributed by atoms with E-state index in [4.69, 9.17) is 5.73 Å². The van der Waals surface area contributed by atoms with Gasteiger partial charge in [0, 0.05) is 15.9 Å². The summed E-state index contributed by atoms with van der Waals surface area (Å²) >= 11 is 5.43. The quantitative estimate of drug-likeness (QED) is 0.707. The van der Waals surface area contributed by atoms with Gasteiger partial charge in [-0.15, -0.1) is 0 Å². The molecular formula is C18H26BrNS. The van der Waals surface area contributed by atoms with Gasteiger partial charge in [-0.1, -0.05) is 13.8 Å². The number of hydrogen-bond acceptors (Lipinski definition) is 2. The lowest BCUT2D eigenvalue weighted by molar-refractivity contribution is -0.149. The van der Waals surface area contributed by atoms with Crippen molar-refractivity contribution in [1.82, 2.24) is 0 Å². The van der Waals surface area contributed by atoms with Gasteiger partial charge in [0.05, 0.1) is 0 Å². The molecule has 0 saturated heterocycles. The van der Waals surface area contributed by atoms with E-state index in [0.717, 1.165) is 5.92 Å². The van der Waals surface area contributed by atoms with E-state index in [0.29, 0.717) is 16.2 Å². The Morgan fingerprint density at radius 3 is 2.38 bits per heavy atom. The molecule has 1 heterocycles. The molecule has 4 aliphatic rings. The summed E-state index contributed by atoms with van der Waals surface area (Å²) < 4.78 is 1.21. The standard InChI is InChI=1S/C18H26BrNS/c1-16-3-12-4-17(2,9-16)11-18(5-12,10-16)6-15(20)13-7-21-8-14(13)19/h7-8,12,15H,3-6,9-11,20H2,1-2H3. The van der Waals surface area contributed by atoms with Crippen molar-refractivity contribution in [2.24, 2.45) is 27.9 Å². The average Bonchev–Trinajstić information content (AvgIpc) is 2.69. The van der Waals surface area contributed by atoms with Crippen LogP contribution in [0.2, 0.25) is 0 Å². The van der Waals surface area contributed by atoms with Crippen molar-refractivity contribution < 1.29 is 0 Å². The topological polar surface area (TPSA) is 26.0 Å². The van der Waals surface area contributed by atoms with Gasteiger partial charge >= 0.3 is 0 Å². The minimum Gasteiger partial charge on any atom is -0.324 e. The van der Waals surface area contributed by atoms with Crippen LogP contribution in [-0.4, -0.2) is 0 Å². The third-order valence-corrected chi connectivity index (χ3v) is 8.19. The largest absolute Gasteiger partial charge is 0.324 e. The average molecular weight is 368 g/mol. The summed E-state index contributed by atoms with van der Waals surface area (Å²) in [6.07, 6.45) is 9.86. The molecule has 4 bridgehead atoms. The third-order valence-electron chi connectivity index (χ3n) is 6.44. The fourth-order valence-corrected chi connectivity index (χ4v) is 8.70. The van der Waals surface area contributed by atoms with E-state index < -0.39 is 0 Å². The Labute approximate surface area is 140 Å². The SMILES string of the molecule is CC12CC3CC(C)(C1)CC(CC(N)c1cscc1Br)(C3)C2. The highest BCUT2D eigenvalue weighted by atomic mass is 79.9. The lowest BCUT2D eigenvalue weighted by Crippen LogP contribution is -2.55. The van der Waals surface area contributed by atoms with Crippen LogP contribution in [0.25, 0.3) is 0 Å². The van der Waals surface area contributed by atoms with Crippen molar-refractivity contribution in [3.8, 4) is 0 Å². The molecule has 0 aromatic carbocycles. The molecule has 0 aliphatic heterocycles. The van der Waals surface area contributed by atoms with E-state index in [-0.39, 0.29) is 6.04 Å². The first-order valence-electron chi connectivity index (χ1n) is 8.28. The summed E-state index contributed by atoms with van der Waals surface area (Å²) in [5, 5.41) is 4.40. The molecule has 3 unspecified atom stereocenters. The molecule has 2 N–H and O–H groups in total. The number of nitrogens with two attached hydrogens (primary N) is 1. The van der Waals surface area contributed by atoms with Crippen LogP contribution in [0.1, 0.15) is 70.4 Å². The molecule has 0 amide bonds. The number of thiophene rings is 1. The van der Waals surface area contributed by atoms with Gasteiger partial charge in [-0.2, -0.15) is 11.3 Å². The van der Waals surface area contributed by atoms with Gasteiger partial charge in [0.2, 0.25) is 0 Å². The smallest absolute Gasteiger partial charge is 0.0330 e. The van der Waals surface area contributed by atoms with Gasteiger partial charge in [0.1, 0.15) is 0 Å². The van der Waals surface area contributed by atoms with Crippen molar-refractivity contribution in [2.45, 2.75) is 64.8 Å². The maximum atomic E-state index is 6.62. The van der Waals surface area contributed by atoms with Crippen LogP contribution in [0.15, 0.2) is 15.2 Å². The first-order chi connectivity index (χ1) is 9.81. The fraction of sp³-hybridized carbons (Fsp3) is 0.778. The maximum absolute atomic E-state index is 6.62. The first kappa shape index (κ1) is 14.7. The van der Waals surface area contributed by atoms with E-state index in [1.165, 1.54) is 55.0 Å². The zero-order valence-electron chi connectivity index (χ0n) is 13.1. The summed E-state index contributed by atoms with van der Waals surface area (Å²) in [7, 11) is 0. The van der Waals surface area contributed by atoms with E-state index in [1.54, 1.807) is 11.3 Å². The van der Waals surface area contributed by atoms with Gasteiger partial charge in [-0.05, 0) is 94.0 Å². The van der Waals surface area contributed by atoms with Crippen molar-refractivity contribution in [3.05, 3.63) is 20.8 Å². The highest BCUT2D eigenvalue weighted by molar-refractivity contribution is 9.10. The Kier molecular flexibility index (Phi) is 3.21. The van der Waals surface area contributed by atoms with Crippen molar-refractivity contribution >= 4 is 27.3 Å². The molecule has 4 fully saturated rings. The molecule has 3 atom stereocenters. The molecule has 1 nitrogen and oxygen atoms in total. The number of hydrogen-bond donors (Lipinski definition) is 1. The Morgan fingerprint density at radius 2 is 1.86 bits per heavy atom. The minimum atomic E-state index is 0.203. The molecule has 3 heteroatoms. The zero-order valence-corrected chi connectivity index (χ0v) is 15.5. The van der Waals surface area contributed by atoms with Crippen LogP contribution >= 0.6 is 27.3 Å². The van der Waals surface area contributed by atoms with E-state index >= 15 is 0 Å². The molecular weight excluding hydrogens is 342 g/mol. The highest BCUT2D eigenvalue weighted by Crippen LogP contribution is 2.71. The predicted octanol–water partition coefficient (Wildman–Crippen LogP) is 5.90. The molecule has 0 radical (unpaired) electrons. The van der Waals surface area contributed by atoms with Crippen molar-refractivity contribution in [3.63, 3.8) is 0 Å². The zero-order chi connectivity index (χ0) is 14.9. The first-order valence-corrected chi connectivity index (χ1v) is 10.0. The van der Waals surface area contributed by atoms with Crippen LogP contribution in [-0.2, 0) is 0 Å². The summed E-state index contributed by atoms with van der Waals surface area (Å²) in [4.78, 5) is 0. The second kappa shape index (κ2) is 4.58. The van der Waals surface area contributed by atoms with Gasteiger partial charge < -0.3 is 5.73 Å². The van der Waals surface area contributed by atoms with Crippen LogP contribution in [0.4, 0.5) is 0 Å². The number of halogens is 1. The van der Waals surface area contributed by atoms with Gasteiger partial charge in [-0.25, -0.2) is 0 Å². The maximum Gasteiger partial charge on any atom is 0.0330 e. The van der Waals surface area contributed by atoms with Crippen LogP contribution in [0.3, 0.4) is 0 Å².